The summed E-state index contributed by atoms with van der Waals surface area (Å²) in [6, 6.07) is 0. The molecule has 187 valence electrons. The maximum absolute atomic E-state index is 11.1. The molecule has 0 aliphatic carbocycles. The molecule has 0 aliphatic rings. The second-order valence-corrected chi connectivity index (χ2v) is 5.80. The molecule has 0 saturated heterocycles. The number of methoxy groups -OCH3 is 1. The fraction of sp³-hybridized carbons (Fsp3) is 0.714. The molecule has 0 aromatic carbocycles. The number of carbonyl (C=O) groups is 6. The van der Waals surface area contributed by atoms with Gasteiger partial charge in [0.05, 0.1) is 12.8 Å². The Morgan fingerprint density at radius 3 is 1.31 bits per heavy atom. The average Bonchev–Trinajstić information content (AvgIpc) is 2.67. The first-order valence-corrected chi connectivity index (χ1v) is 8.91. The number of aliphatic hydroxyl groups is 1. The molecule has 0 aromatic heterocycles. The first kappa shape index (κ1) is 44.3. The standard InChI is InChI=1S/C10H16O5.C8H12O4.CH4O.2CH4.Y/c1-8(11)3-4-9(12)5-6-10(13)15-7-14-2;1-6(9)2-3-7(10)4-5-8(11)12;1-2;;;/h3-7H2,1-2H3;2-5H2,1H3,(H,11,12);2H,1H3;2*1H4;. The van der Waals surface area contributed by atoms with Gasteiger partial charge in [-0.1, -0.05) is 14.9 Å². The first-order chi connectivity index (χ1) is 13.6. The fourth-order valence-corrected chi connectivity index (χ4v) is 1.57. The molecule has 0 amide bonds. The van der Waals surface area contributed by atoms with Crippen molar-refractivity contribution in [3.05, 3.63) is 0 Å². The van der Waals surface area contributed by atoms with E-state index in [0.717, 1.165) is 7.11 Å². The number of hydrogen-bond acceptors (Lipinski definition) is 9. The van der Waals surface area contributed by atoms with Crippen LogP contribution in [0.15, 0.2) is 0 Å². The van der Waals surface area contributed by atoms with Gasteiger partial charge in [-0.05, 0) is 13.8 Å². The molecule has 0 atom stereocenters. The van der Waals surface area contributed by atoms with Crippen LogP contribution < -0.4 is 0 Å². The number of ketones is 4. The van der Waals surface area contributed by atoms with Crippen molar-refractivity contribution in [2.75, 3.05) is 21.0 Å². The van der Waals surface area contributed by atoms with Crippen LogP contribution in [0.3, 0.4) is 0 Å². The number of rotatable bonds is 14. The van der Waals surface area contributed by atoms with E-state index in [0.29, 0.717) is 0 Å². The van der Waals surface area contributed by atoms with Gasteiger partial charge in [0.1, 0.15) is 23.1 Å². The van der Waals surface area contributed by atoms with Gasteiger partial charge in [-0.3, -0.25) is 19.2 Å². The molecule has 0 fully saturated rings. The summed E-state index contributed by atoms with van der Waals surface area (Å²) in [6.07, 6.45) is 0.884. The van der Waals surface area contributed by atoms with E-state index in [2.05, 4.69) is 9.47 Å². The summed E-state index contributed by atoms with van der Waals surface area (Å²) in [7, 11) is 2.41. The van der Waals surface area contributed by atoms with E-state index in [-0.39, 0.29) is 129 Å². The number of Topliss-reactive ketones (excluding diaryl/α,β-unsaturated/α-hetero) is 4. The van der Waals surface area contributed by atoms with E-state index in [4.69, 9.17) is 10.2 Å². The Bertz CT molecular complexity index is 513. The van der Waals surface area contributed by atoms with E-state index in [1.54, 1.807) is 0 Å². The van der Waals surface area contributed by atoms with Gasteiger partial charge in [0.2, 0.25) is 0 Å². The van der Waals surface area contributed by atoms with Gasteiger partial charge in [0.25, 0.3) is 0 Å². The number of carbonyl (C=O) groups excluding carboxylic acids is 5. The zero-order valence-electron chi connectivity index (χ0n) is 18.1. The zero-order valence-corrected chi connectivity index (χ0v) is 20.9. The number of aliphatic carboxylic acids is 1. The molecular formula is C21H40O10Y. The Kier molecular flexibility index (Phi) is 44.1. The number of ether oxygens (including phenoxy) is 2. The van der Waals surface area contributed by atoms with Crippen LogP contribution in [-0.2, 0) is 71.0 Å². The van der Waals surface area contributed by atoms with Gasteiger partial charge in [-0.15, -0.1) is 0 Å². The summed E-state index contributed by atoms with van der Waals surface area (Å²) in [4.78, 5) is 63.9. The van der Waals surface area contributed by atoms with Gasteiger partial charge in [0, 0.05) is 85.5 Å². The summed E-state index contributed by atoms with van der Waals surface area (Å²) in [5.41, 5.74) is 0. The van der Waals surface area contributed by atoms with Crippen LogP contribution in [0, 0.1) is 0 Å². The Morgan fingerprint density at radius 2 is 1.00 bits per heavy atom. The van der Waals surface area contributed by atoms with Crippen LogP contribution in [0.5, 0.6) is 0 Å². The quantitative estimate of drug-likeness (QED) is 0.247. The van der Waals surface area contributed by atoms with Crippen LogP contribution in [0.25, 0.3) is 0 Å². The molecule has 0 aliphatic heterocycles. The Labute approximate surface area is 216 Å². The summed E-state index contributed by atoms with van der Waals surface area (Å²) in [5.74, 6) is -1.77. The van der Waals surface area contributed by atoms with Gasteiger partial charge < -0.3 is 29.3 Å². The van der Waals surface area contributed by atoms with Crippen LogP contribution >= 0.6 is 0 Å². The predicted octanol–water partition coefficient (Wildman–Crippen LogP) is 2.52. The topological polar surface area (TPSA) is 161 Å². The molecule has 0 bridgehead atoms. The Balaban J connectivity index is -0.0000000914. The van der Waals surface area contributed by atoms with E-state index >= 15 is 0 Å². The average molecular weight is 541 g/mol. The SMILES string of the molecule is C.C.CC(=O)CCC(=O)CCC(=O)O.CO.COCOC(=O)CCC(=O)CCC(C)=O.[Y]. The molecule has 0 spiro atoms. The largest absolute Gasteiger partial charge is 0.481 e. The van der Waals surface area contributed by atoms with Crippen LogP contribution in [-0.4, -0.2) is 66.3 Å². The van der Waals surface area contributed by atoms with Crippen molar-refractivity contribution in [2.45, 2.75) is 80.1 Å². The van der Waals surface area contributed by atoms with Gasteiger partial charge in [-0.2, -0.15) is 0 Å². The molecule has 32 heavy (non-hydrogen) atoms. The minimum atomic E-state index is -0.980. The van der Waals surface area contributed by atoms with E-state index in [9.17, 15) is 28.8 Å². The van der Waals surface area contributed by atoms with E-state index < -0.39 is 11.9 Å². The van der Waals surface area contributed by atoms with Crippen molar-refractivity contribution >= 4 is 35.1 Å². The minimum Gasteiger partial charge on any atom is -0.481 e. The Morgan fingerprint density at radius 1 is 0.656 bits per heavy atom. The maximum atomic E-state index is 11.1. The second kappa shape index (κ2) is 31.8. The number of carboxylic acid groups (broad SMARTS) is 1. The van der Waals surface area contributed by atoms with Crippen molar-refractivity contribution in [3.8, 4) is 0 Å². The number of aliphatic hydroxyl groups excluding tert-OH is 1. The summed E-state index contributed by atoms with van der Waals surface area (Å²) >= 11 is 0. The van der Waals surface area contributed by atoms with E-state index in [1.807, 2.05) is 0 Å². The molecule has 0 aromatic rings. The summed E-state index contributed by atoms with van der Waals surface area (Å²) in [6.45, 7) is 2.74. The van der Waals surface area contributed by atoms with Gasteiger partial charge >= 0.3 is 11.9 Å². The third kappa shape index (κ3) is 42.7. The van der Waals surface area contributed by atoms with Crippen LogP contribution in [0.2, 0.25) is 0 Å². The van der Waals surface area contributed by atoms with Crippen molar-refractivity contribution in [1.82, 2.24) is 0 Å². The van der Waals surface area contributed by atoms with E-state index in [1.165, 1.54) is 21.0 Å². The molecule has 0 unspecified atom stereocenters. The van der Waals surface area contributed by atoms with Crippen molar-refractivity contribution in [3.63, 3.8) is 0 Å². The molecule has 0 heterocycles. The summed E-state index contributed by atoms with van der Waals surface area (Å²) < 4.78 is 9.11. The smallest absolute Gasteiger partial charge is 0.308 e. The predicted molar refractivity (Wildman–Crippen MR) is 116 cm³/mol. The van der Waals surface area contributed by atoms with Crippen molar-refractivity contribution in [1.29, 1.82) is 0 Å². The molecule has 1 radical (unpaired) electrons. The number of hydrogen-bond donors (Lipinski definition) is 2. The molecule has 0 saturated carbocycles. The minimum absolute atomic E-state index is 0. The molecule has 0 rings (SSSR count). The molecule has 2 N–H and O–H groups in total. The first-order valence-electron chi connectivity index (χ1n) is 8.91. The van der Waals surface area contributed by atoms with Gasteiger partial charge in [-0.25, -0.2) is 0 Å². The Hall–Kier alpha value is -1.36. The molecular weight excluding hydrogens is 501 g/mol. The van der Waals surface area contributed by atoms with Gasteiger partial charge in [0.15, 0.2) is 6.79 Å². The second-order valence-electron chi connectivity index (χ2n) is 5.80. The summed E-state index contributed by atoms with van der Waals surface area (Å²) in [5, 5.41) is 15.2. The number of carboxylic acids is 1. The van der Waals surface area contributed by atoms with Crippen molar-refractivity contribution in [2.24, 2.45) is 0 Å². The van der Waals surface area contributed by atoms with Crippen molar-refractivity contribution < 1.29 is 81.2 Å². The maximum Gasteiger partial charge on any atom is 0.308 e. The number of esters is 1. The molecule has 11 heteroatoms. The molecule has 10 nitrogen and oxygen atoms in total. The third-order valence-corrected chi connectivity index (χ3v) is 3.08. The monoisotopic (exact) mass is 541 g/mol. The van der Waals surface area contributed by atoms with Crippen LogP contribution in [0.4, 0.5) is 0 Å². The zero-order chi connectivity index (χ0) is 23.2. The third-order valence-electron chi connectivity index (χ3n) is 3.08. The fourth-order valence-electron chi connectivity index (χ4n) is 1.57. The normalized spacial score (nSPS) is 8.28. The van der Waals surface area contributed by atoms with Crippen LogP contribution in [0.1, 0.15) is 80.1 Å².